The molecule has 3 aromatic rings. The van der Waals surface area contributed by atoms with Crippen molar-refractivity contribution in [1.29, 1.82) is 0 Å². The largest absolute Gasteiger partial charge is 0.497 e. The van der Waals surface area contributed by atoms with Crippen molar-refractivity contribution in [1.82, 2.24) is 0 Å². The minimum absolute atomic E-state index is 0.227. The summed E-state index contributed by atoms with van der Waals surface area (Å²) in [4.78, 5) is 25.8. The fourth-order valence-electron chi connectivity index (χ4n) is 3.41. The lowest BCUT2D eigenvalue weighted by Crippen LogP contribution is -2.12. The number of hydrogen-bond acceptors (Lipinski definition) is 6. The predicted octanol–water partition coefficient (Wildman–Crippen LogP) is 5.39. The molecular weight excluding hydrogens is 408 g/mol. The summed E-state index contributed by atoms with van der Waals surface area (Å²) < 4.78 is 21.3. The quantitative estimate of drug-likeness (QED) is 0.443. The van der Waals surface area contributed by atoms with Gasteiger partial charge >= 0.3 is 11.9 Å². The maximum Gasteiger partial charge on any atom is 0.338 e. The Morgan fingerprint density at radius 2 is 1.06 bits per heavy atom. The fourth-order valence-corrected chi connectivity index (χ4v) is 3.41. The minimum atomic E-state index is -0.482. The van der Waals surface area contributed by atoms with E-state index in [-0.39, 0.29) is 13.2 Å². The third-order valence-corrected chi connectivity index (χ3v) is 4.91. The molecule has 3 aromatic carbocycles. The van der Waals surface area contributed by atoms with Crippen LogP contribution in [-0.2, 0) is 9.47 Å². The molecule has 0 saturated carbocycles. The lowest BCUT2D eigenvalue weighted by Gasteiger charge is -2.17. The zero-order valence-corrected chi connectivity index (χ0v) is 18.6. The van der Waals surface area contributed by atoms with Crippen LogP contribution < -0.4 is 9.47 Å². The number of ether oxygens (including phenoxy) is 4. The van der Waals surface area contributed by atoms with Crippen molar-refractivity contribution in [3.05, 3.63) is 71.8 Å². The Hall–Kier alpha value is -3.80. The highest BCUT2D eigenvalue weighted by atomic mass is 16.5. The van der Waals surface area contributed by atoms with E-state index in [2.05, 4.69) is 0 Å². The van der Waals surface area contributed by atoms with E-state index < -0.39 is 11.9 Å². The fraction of sp³-hybridized carbons (Fsp3) is 0.231. The van der Waals surface area contributed by atoms with Gasteiger partial charge in [0.25, 0.3) is 0 Å². The van der Waals surface area contributed by atoms with Gasteiger partial charge in [0.05, 0.1) is 38.6 Å². The van der Waals surface area contributed by atoms with Gasteiger partial charge in [-0.2, -0.15) is 0 Å². The van der Waals surface area contributed by atoms with Gasteiger partial charge in [-0.25, -0.2) is 9.59 Å². The molecule has 0 saturated heterocycles. The van der Waals surface area contributed by atoms with E-state index in [1.165, 1.54) is 0 Å². The molecule has 0 atom stereocenters. The molecule has 0 aliphatic carbocycles. The summed E-state index contributed by atoms with van der Waals surface area (Å²) >= 11 is 0. The van der Waals surface area contributed by atoms with Crippen molar-refractivity contribution >= 4 is 11.9 Å². The van der Waals surface area contributed by atoms with Crippen LogP contribution in [0.5, 0.6) is 11.5 Å². The van der Waals surface area contributed by atoms with Gasteiger partial charge in [0.2, 0.25) is 0 Å². The summed E-state index contributed by atoms with van der Waals surface area (Å²) in [6, 6.07) is 17.9. The molecule has 0 aliphatic rings. The zero-order chi connectivity index (χ0) is 23.1. The number of rotatable bonds is 8. The van der Waals surface area contributed by atoms with E-state index in [1.54, 1.807) is 52.3 Å². The molecule has 0 N–H and O–H groups in total. The van der Waals surface area contributed by atoms with Crippen molar-refractivity contribution in [2.75, 3.05) is 27.4 Å². The first-order valence-electron chi connectivity index (χ1n) is 10.3. The second kappa shape index (κ2) is 10.5. The lowest BCUT2D eigenvalue weighted by molar-refractivity contribution is 0.0513. The molecule has 0 radical (unpaired) electrons. The predicted molar refractivity (Wildman–Crippen MR) is 122 cm³/mol. The highest BCUT2D eigenvalue weighted by molar-refractivity contribution is 6.05. The normalized spacial score (nSPS) is 10.4. The molecule has 0 aliphatic heterocycles. The standard InChI is InChI=1S/C26H26O6/c1-5-31-25(27)23-15-22(18-10-8-12-20(14-18)30-4)24(26(28)32-6-2)16-21(23)17-9-7-11-19(13-17)29-3/h7-16H,5-6H2,1-4H3. The Bertz CT molecular complexity index is 1030. The average Bonchev–Trinajstić information content (AvgIpc) is 2.83. The monoisotopic (exact) mass is 434 g/mol. The second-order valence-electron chi connectivity index (χ2n) is 6.85. The van der Waals surface area contributed by atoms with Crippen molar-refractivity contribution < 1.29 is 28.5 Å². The Morgan fingerprint density at radius 1 is 0.656 bits per heavy atom. The van der Waals surface area contributed by atoms with Crippen LogP contribution in [0.25, 0.3) is 22.3 Å². The van der Waals surface area contributed by atoms with Gasteiger partial charge in [-0.1, -0.05) is 24.3 Å². The molecular formula is C26H26O6. The smallest absolute Gasteiger partial charge is 0.338 e. The Kier molecular flexibility index (Phi) is 7.49. The molecule has 0 spiro atoms. The molecule has 0 amide bonds. The van der Waals surface area contributed by atoms with Crippen LogP contribution in [0.15, 0.2) is 60.7 Å². The SMILES string of the molecule is CCOC(=O)c1cc(-c2cccc(OC)c2)c(C(=O)OCC)cc1-c1cccc(OC)c1. The van der Waals surface area contributed by atoms with Gasteiger partial charge in [0.1, 0.15) is 11.5 Å². The average molecular weight is 434 g/mol. The molecule has 3 rings (SSSR count). The van der Waals surface area contributed by atoms with E-state index >= 15 is 0 Å². The summed E-state index contributed by atoms with van der Waals surface area (Å²) in [6.45, 7) is 3.95. The van der Waals surface area contributed by atoms with Crippen LogP contribution in [-0.4, -0.2) is 39.4 Å². The molecule has 0 unspecified atom stereocenters. The number of carbonyl (C=O) groups is 2. The first kappa shape index (κ1) is 22.9. The van der Waals surface area contributed by atoms with Crippen LogP contribution in [0.2, 0.25) is 0 Å². The van der Waals surface area contributed by atoms with Gasteiger partial charge in [-0.05, 0) is 72.5 Å². The van der Waals surface area contributed by atoms with Gasteiger partial charge in [-0.15, -0.1) is 0 Å². The third-order valence-electron chi connectivity index (χ3n) is 4.91. The van der Waals surface area contributed by atoms with E-state index in [4.69, 9.17) is 18.9 Å². The topological polar surface area (TPSA) is 71.1 Å². The van der Waals surface area contributed by atoms with E-state index in [0.29, 0.717) is 33.8 Å². The molecule has 0 bridgehead atoms. The molecule has 0 heterocycles. The molecule has 0 aromatic heterocycles. The zero-order valence-electron chi connectivity index (χ0n) is 18.6. The van der Waals surface area contributed by atoms with Crippen LogP contribution in [0.3, 0.4) is 0 Å². The van der Waals surface area contributed by atoms with Gasteiger partial charge in [0, 0.05) is 0 Å². The molecule has 32 heavy (non-hydrogen) atoms. The number of carbonyl (C=O) groups excluding carboxylic acids is 2. The van der Waals surface area contributed by atoms with Gasteiger partial charge < -0.3 is 18.9 Å². The maximum absolute atomic E-state index is 12.9. The van der Waals surface area contributed by atoms with Gasteiger partial charge in [-0.3, -0.25) is 0 Å². The lowest BCUT2D eigenvalue weighted by atomic mass is 9.90. The molecule has 0 fully saturated rings. The van der Waals surface area contributed by atoms with Crippen molar-refractivity contribution in [2.45, 2.75) is 13.8 Å². The number of benzene rings is 3. The van der Waals surface area contributed by atoms with Gasteiger partial charge in [0.15, 0.2) is 0 Å². The number of esters is 2. The Morgan fingerprint density at radius 3 is 1.41 bits per heavy atom. The Balaban J connectivity index is 2.32. The summed E-state index contributed by atoms with van der Waals surface area (Å²) in [6.07, 6.45) is 0. The summed E-state index contributed by atoms with van der Waals surface area (Å²) in [7, 11) is 3.14. The molecule has 166 valence electrons. The summed E-state index contributed by atoms with van der Waals surface area (Å²) in [5.41, 5.74) is 3.22. The number of methoxy groups -OCH3 is 2. The maximum atomic E-state index is 12.9. The first-order valence-corrected chi connectivity index (χ1v) is 10.3. The highest BCUT2D eigenvalue weighted by Crippen LogP contribution is 2.35. The van der Waals surface area contributed by atoms with E-state index in [1.807, 2.05) is 36.4 Å². The molecule has 6 nitrogen and oxygen atoms in total. The Labute approximate surface area is 187 Å². The minimum Gasteiger partial charge on any atom is -0.497 e. The number of hydrogen-bond donors (Lipinski definition) is 0. The van der Waals surface area contributed by atoms with Crippen LogP contribution in [0.4, 0.5) is 0 Å². The van der Waals surface area contributed by atoms with Crippen LogP contribution in [0.1, 0.15) is 34.6 Å². The van der Waals surface area contributed by atoms with Crippen molar-refractivity contribution in [3.63, 3.8) is 0 Å². The summed E-state index contributed by atoms with van der Waals surface area (Å²) in [5.74, 6) is 0.300. The van der Waals surface area contributed by atoms with Crippen molar-refractivity contribution in [3.8, 4) is 33.8 Å². The second-order valence-corrected chi connectivity index (χ2v) is 6.85. The van der Waals surface area contributed by atoms with Crippen LogP contribution >= 0.6 is 0 Å². The van der Waals surface area contributed by atoms with Crippen LogP contribution in [0, 0.1) is 0 Å². The highest BCUT2D eigenvalue weighted by Gasteiger charge is 2.23. The van der Waals surface area contributed by atoms with E-state index in [9.17, 15) is 9.59 Å². The first-order chi connectivity index (χ1) is 15.5. The summed E-state index contributed by atoms with van der Waals surface area (Å²) in [5, 5.41) is 0. The molecule has 6 heteroatoms. The van der Waals surface area contributed by atoms with Crippen molar-refractivity contribution in [2.24, 2.45) is 0 Å². The van der Waals surface area contributed by atoms with E-state index in [0.717, 1.165) is 11.1 Å². The third kappa shape index (κ3) is 4.91.